The van der Waals surface area contributed by atoms with E-state index in [-0.39, 0.29) is 4.90 Å². The second kappa shape index (κ2) is 5.87. The van der Waals surface area contributed by atoms with Crippen LogP contribution in [0, 0.1) is 0 Å². The van der Waals surface area contributed by atoms with Gasteiger partial charge in [-0.1, -0.05) is 6.07 Å². The van der Waals surface area contributed by atoms with Gasteiger partial charge < -0.3 is 0 Å². The number of thioether (sulfide) groups is 1. The van der Waals surface area contributed by atoms with Gasteiger partial charge in [0, 0.05) is 25.5 Å². The summed E-state index contributed by atoms with van der Waals surface area (Å²) in [5, 5.41) is 5.85. The molecule has 0 aliphatic rings. The molecule has 0 fully saturated rings. The molecule has 0 radical (unpaired) electrons. The molecule has 0 aromatic carbocycles. The van der Waals surface area contributed by atoms with Gasteiger partial charge in [-0.15, -0.1) is 23.1 Å². The van der Waals surface area contributed by atoms with Crippen LogP contribution in [0.1, 0.15) is 0 Å². The Bertz CT molecular complexity index is 590. The number of sulfonamides is 1. The normalized spacial score (nSPS) is 11.8. The van der Waals surface area contributed by atoms with Crippen LogP contribution in [0.15, 0.2) is 39.0 Å². The van der Waals surface area contributed by atoms with Crippen LogP contribution in [-0.2, 0) is 17.1 Å². The van der Waals surface area contributed by atoms with Crippen LogP contribution in [0.4, 0.5) is 0 Å². The zero-order chi connectivity index (χ0) is 13.0. The highest BCUT2D eigenvalue weighted by Crippen LogP contribution is 2.22. The molecule has 0 aliphatic heterocycles. The Morgan fingerprint density at radius 3 is 3.00 bits per heavy atom. The molecule has 0 aliphatic carbocycles. The minimum absolute atomic E-state index is 0.200. The van der Waals surface area contributed by atoms with Crippen molar-refractivity contribution in [1.82, 2.24) is 14.5 Å². The fourth-order valence-electron chi connectivity index (χ4n) is 1.29. The van der Waals surface area contributed by atoms with Gasteiger partial charge in [0.1, 0.15) is 4.90 Å². The van der Waals surface area contributed by atoms with Crippen LogP contribution >= 0.6 is 23.1 Å². The van der Waals surface area contributed by atoms with Crippen molar-refractivity contribution in [3.05, 3.63) is 29.9 Å². The van der Waals surface area contributed by atoms with Crippen molar-refractivity contribution in [1.29, 1.82) is 0 Å². The summed E-state index contributed by atoms with van der Waals surface area (Å²) in [7, 11) is -1.74. The molecule has 0 saturated heterocycles. The zero-order valence-electron chi connectivity index (χ0n) is 9.74. The number of aromatic nitrogens is 2. The van der Waals surface area contributed by atoms with E-state index in [1.54, 1.807) is 30.1 Å². The molecule has 0 unspecified atom stereocenters. The largest absolute Gasteiger partial charge is 0.274 e. The Morgan fingerprint density at radius 1 is 1.56 bits per heavy atom. The number of aryl methyl sites for hydroxylation is 1. The van der Waals surface area contributed by atoms with Gasteiger partial charge in [0.25, 0.3) is 0 Å². The number of nitrogens with one attached hydrogen (secondary N) is 1. The SMILES string of the molecule is Cn1cc(S(=O)(=O)NCCSc2cccs2)cn1. The topological polar surface area (TPSA) is 64.0 Å². The summed E-state index contributed by atoms with van der Waals surface area (Å²) in [6.45, 7) is 0.403. The van der Waals surface area contributed by atoms with Gasteiger partial charge in [-0.25, -0.2) is 13.1 Å². The van der Waals surface area contributed by atoms with Crippen LogP contribution in [0.2, 0.25) is 0 Å². The first-order chi connectivity index (χ1) is 8.58. The predicted molar refractivity (Wildman–Crippen MR) is 73.4 cm³/mol. The maximum absolute atomic E-state index is 11.8. The van der Waals surface area contributed by atoms with Crippen molar-refractivity contribution in [3.8, 4) is 0 Å². The lowest BCUT2D eigenvalue weighted by Crippen LogP contribution is -2.25. The molecular formula is C10H13N3O2S3. The number of rotatable bonds is 6. The van der Waals surface area contributed by atoms with Crippen LogP contribution in [0.3, 0.4) is 0 Å². The molecule has 0 bridgehead atoms. The van der Waals surface area contributed by atoms with Gasteiger partial charge >= 0.3 is 0 Å². The third-order valence-electron chi connectivity index (χ3n) is 2.13. The number of nitrogens with zero attached hydrogens (tertiary/aromatic N) is 2. The van der Waals surface area contributed by atoms with E-state index in [1.165, 1.54) is 21.3 Å². The molecule has 8 heteroatoms. The average Bonchev–Trinajstić information content (AvgIpc) is 2.95. The molecule has 0 amide bonds. The first kappa shape index (κ1) is 13.6. The Morgan fingerprint density at radius 2 is 2.39 bits per heavy atom. The highest BCUT2D eigenvalue weighted by molar-refractivity contribution is 8.01. The molecule has 2 aromatic rings. The van der Waals surface area contributed by atoms with Crippen molar-refractivity contribution in [2.24, 2.45) is 7.05 Å². The van der Waals surface area contributed by atoms with Gasteiger partial charge in [0.15, 0.2) is 0 Å². The van der Waals surface area contributed by atoms with Gasteiger partial charge in [-0.2, -0.15) is 5.10 Å². The first-order valence-electron chi connectivity index (χ1n) is 5.22. The highest BCUT2D eigenvalue weighted by atomic mass is 32.2. The molecule has 2 rings (SSSR count). The number of thiophene rings is 1. The molecule has 5 nitrogen and oxygen atoms in total. The standard InChI is InChI=1S/C10H13N3O2S3/c1-13-8-9(7-11-13)18(14,15)12-4-6-17-10-3-2-5-16-10/h2-3,5,7-8,12H,4,6H2,1H3. The third kappa shape index (κ3) is 3.58. The van der Waals surface area contributed by atoms with Gasteiger partial charge in [-0.3, -0.25) is 4.68 Å². The molecule has 2 heterocycles. The van der Waals surface area contributed by atoms with Crippen LogP contribution in [0.5, 0.6) is 0 Å². The average molecular weight is 303 g/mol. The molecule has 98 valence electrons. The van der Waals surface area contributed by atoms with Crippen molar-refractivity contribution in [2.45, 2.75) is 9.10 Å². The van der Waals surface area contributed by atoms with E-state index >= 15 is 0 Å². The Hall–Kier alpha value is -0.830. The van der Waals surface area contributed by atoms with E-state index in [4.69, 9.17) is 0 Å². The Kier molecular flexibility index (Phi) is 4.44. The third-order valence-corrected chi connectivity index (χ3v) is 5.67. The van der Waals surface area contributed by atoms with Crippen LogP contribution in [-0.4, -0.2) is 30.5 Å². The van der Waals surface area contributed by atoms with E-state index in [1.807, 2.05) is 17.5 Å². The monoisotopic (exact) mass is 303 g/mol. The summed E-state index contributed by atoms with van der Waals surface area (Å²) < 4.78 is 28.9. The van der Waals surface area contributed by atoms with Crippen molar-refractivity contribution in [2.75, 3.05) is 12.3 Å². The fraction of sp³-hybridized carbons (Fsp3) is 0.300. The summed E-state index contributed by atoms with van der Waals surface area (Å²) in [6, 6.07) is 4.00. The van der Waals surface area contributed by atoms with Gasteiger partial charge in [0.05, 0.1) is 10.4 Å². The number of hydrogen-bond acceptors (Lipinski definition) is 5. The maximum Gasteiger partial charge on any atom is 0.243 e. The molecule has 18 heavy (non-hydrogen) atoms. The molecule has 0 saturated carbocycles. The fourth-order valence-corrected chi connectivity index (χ4v) is 4.16. The summed E-state index contributed by atoms with van der Waals surface area (Å²) in [4.78, 5) is 0.200. The molecule has 1 N–H and O–H groups in total. The summed E-state index contributed by atoms with van der Waals surface area (Å²) >= 11 is 3.29. The molecular weight excluding hydrogens is 290 g/mol. The van der Waals surface area contributed by atoms with Gasteiger partial charge in [-0.05, 0) is 11.4 Å². The van der Waals surface area contributed by atoms with E-state index in [2.05, 4.69) is 9.82 Å². The van der Waals surface area contributed by atoms with Crippen molar-refractivity contribution < 1.29 is 8.42 Å². The van der Waals surface area contributed by atoms with Gasteiger partial charge in [0.2, 0.25) is 10.0 Å². The summed E-state index contributed by atoms with van der Waals surface area (Å²) in [5.74, 6) is 0.708. The predicted octanol–water partition coefficient (Wildman–Crippen LogP) is 1.55. The second-order valence-electron chi connectivity index (χ2n) is 3.53. The summed E-state index contributed by atoms with van der Waals surface area (Å²) in [5.41, 5.74) is 0. The van der Waals surface area contributed by atoms with Crippen molar-refractivity contribution in [3.63, 3.8) is 0 Å². The van der Waals surface area contributed by atoms with E-state index in [0.717, 1.165) is 0 Å². The Labute approximate surface area is 114 Å². The zero-order valence-corrected chi connectivity index (χ0v) is 12.2. The minimum atomic E-state index is -3.42. The lowest BCUT2D eigenvalue weighted by molar-refractivity contribution is 0.584. The molecule has 0 atom stereocenters. The van der Waals surface area contributed by atoms with Crippen LogP contribution in [0.25, 0.3) is 0 Å². The summed E-state index contributed by atoms with van der Waals surface area (Å²) in [6.07, 6.45) is 2.82. The lowest BCUT2D eigenvalue weighted by Gasteiger charge is -2.03. The maximum atomic E-state index is 11.8. The van der Waals surface area contributed by atoms with E-state index in [9.17, 15) is 8.42 Å². The quantitative estimate of drug-likeness (QED) is 0.649. The van der Waals surface area contributed by atoms with E-state index in [0.29, 0.717) is 12.3 Å². The van der Waals surface area contributed by atoms with Crippen molar-refractivity contribution >= 4 is 33.1 Å². The molecule has 2 aromatic heterocycles. The minimum Gasteiger partial charge on any atom is -0.274 e. The molecule has 0 spiro atoms. The lowest BCUT2D eigenvalue weighted by atomic mass is 10.7. The smallest absolute Gasteiger partial charge is 0.243 e. The van der Waals surface area contributed by atoms with E-state index < -0.39 is 10.0 Å². The Balaban J connectivity index is 1.82. The highest BCUT2D eigenvalue weighted by Gasteiger charge is 2.14. The first-order valence-corrected chi connectivity index (χ1v) is 8.57. The van der Waals surface area contributed by atoms with Crippen LogP contribution < -0.4 is 4.72 Å². The second-order valence-corrected chi connectivity index (χ2v) is 7.64. The number of hydrogen-bond donors (Lipinski definition) is 1.